The summed E-state index contributed by atoms with van der Waals surface area (Å²) in [5, 5.41) is 3.33. The molecule has 0 N–H and O–H groups in total. The molecule has 0 amide bonds. The maximum atomic E-state index is 6.60. The van der Waals surface area contributed by atoms with Crippen LogP contribution in [0.25, 0.3) is 31.3 Å². The molecule has 33 heavy (non-hydrogen) atoms. The minimum atomic E-state index is -0.134. The van der Waals surface area contributed by atoms with Crippen LogP contribution in [0.1, 0.15) is 17.3 Å². The number of thiophene rings is 1. The van der Waals surface area contributed by atoms with Crippen LogP contribution in [0, 0.1) is 0 Å². The molecule has 1 aromatic heterocycles. The Bertz CT molecular complexity index is 1530. The largest absolute Gasteiger partial charge is 0.340 e. The molecule has 5 aromatic rings. The SMILES string of the molecule is CN1C(Cl)=CC(c2ccc(-c3cccc4c3sc3ccccc34)cc2)=NC1c1ccccc1. The lowest BCUT2D eigenvalue weighted by atomic mass is 9.99. The van der Waals surface area contributed by atoms with Crippen LogP contribution in [-0.4, -0.2) is 17.7 Å². The van der Waals surface area contributed by atoms with Gasteiger partial charge in [-0.3, -0.25) is 4.99 Å². The first-order valence-corrected chi connectivity index (χ1v) is 12.1. The van der Waals surface area contributed by atoms with Crippen LogP contribution in [0.4, 0.5) is 0 Å². The molecule has 6 rings (SSSR count). The molecule has 0 saturated carbocycles. The molecule has 4 heteroatoms. The van der Waals surface area contributed by atoms with Crippen molar-refractivity contribution in [3.05, 3.63) is 119 Å². The minimum absolute atomic E-state index is 0.134. The minimum Gasteiger partial charge on any atom is -0.340 e. The van der Waals surface area contributed by atoms with E-state index in [2.05, 4.69) is 78.9 Å². The van der Waals surface area contributed by atoms with Gasteiger partial charge in [-0.1, -0.05) is 103 Å². The van der Waals surface area contributed by atoms with Crippen LogP contribution in [0.5, 0.6) is 0 Å². The van der Waals surface area contributed by atoms with E-state index in [1.165, 1.54) is 31.3 Å². The van der Waals surface area contributed by atoms with Crippen LogP contribution in [0.2, 0.25) is 0 Å². The van der Waals surface area contributed by atoms with Gasteiger partial charge in [0.15, 0.2) is 0 Å². The van der Waals surface area contributed by atoms with Crippen molar-refractivity contribution >= 4 is 48.8 Å². The fourth-order valence-electron chi connectivity index (χ4n) is 4.46. The first kappa shape index (κ1) is 20.2. The molecule has 2 heterocycles. The van der Waals surface area contributed by atoms with Gasteiger partial charge in [0.2, 0.25) is 0 Å². The molecule has 1 unspecified atom stereocenters. The Morgan fingerprint density at radius 2 is 1.45 bits per heavy atom. The molecule has 0 fully saturated rings. The van der Waals surface area contributed by atoms with E-state index < -0.39 is 0 Å². The number of fused-ring (bicyclic) bond motifs is 3. The molecular weight excluding hydrogens is 444 g/mol. The van der Waals surface area contributed by atoms with Crippen molar-refractivity contribution in [1.29, 1.82) is 0 Å². The van der Waals surface area contributed by atoms with Crippen LogP contribution in [-0.2, 0) is 0 Å². The highest BCUT2D eigenvalue weighted by molar-refractivity contribution is 7.26. The van der Waals surface area contributed by atoms with Crippen LogP contribution < -0.4 is 0 Å². The van der Waals surface area contributed by atoms with E-state index in [1.807, 2.05) is 47.6 Å². The zero-order chi connectivity index (χ0) is 22.4. The number of allylic oxidation sites excluding steroid dienone is 1. The van der Waals surface area contributed by atoms with Crippen molar-refractivity contribution in [1.82, 2.24) is 4.90 Å². The second kappa shape index (κ2) is 8.18. The fraction of sp³-hybridized carbons (Fsp3) is 0.0690. The van der Waals surface area contributed by atoms with Gasteiger partial charge in [0.05, 0.1) is 5.71 Å². The molecule has 0 aliphatic carbocycles. The third-order valence-electron chi connectivity index (χ3n) is 6.21. The van der Waals surface area contributed by atoms with Gasteiger partial charge in [-0.05, 0) is 34.4 Å². The van der Waals surface area contributed by atoms with Gasteiger partial charge >= 0.3 is 0 Å². The molecule has 0 bridgehead atoms. The molecule has 1 aliphatic rings. The van der Waals surface area contributed by atoms with E-state index in [9.17, 15) is 0 Å². The average molecular weight is 465 g/mol. The van der Waals surface area contributed by atoms with Gasteiger partial charge in [0, 0.05) is 27.2 Å². The van der Waals surface area contributed by atoms with E-state index in [-0.39, 0.29) is 6.17 Å². The van der Waals surface area contributed by atoms with E-state index in [1.54, 1.807) is 0 Å². The molecule has 1 aliphatic heterocycles. The smallest absolute Gasteiger partial charge is 0.148 e. The second-order valence-electron chi connectivity index (χ2n) is 8.23. The molecule has 0 saturated heterocycles. The summed E-state index contributed by atoms with van der Waals surface area (Å²) in [5.41, 5.74) is 5.56. The third kappa shape index (κ3) is 3.54. The third-order valence-corrected chi connectivity index (χ3v) is 7.81. The van der Waals surface area contributed by atoms with E-state index >= 15 is 0 Å². The van der Waals surface area contributed by atoms with Gasteiger partial charge < -0.3 is 4.90 Å². The van der Waals surface area contributed by atoms with Gasteiger partial charge in [-0.2, -0.15) is 0 Å². The Hall–Kier alpha value is -3.40. The Morgan fingerprint density at radius 3 is 2.27 bits per heavy atom. The first-order chi connectivity index (χ1) is 16.2. The number of rotatable bonds is 3. The summed E-state index contributed by atoms with van der Waals surface area (Å²) < 4.78 is 2.65. The lowest BCUT2D eigenvalue weighted by molar-refractivity contribution is 0.333. The molecule has 2 nitrogen and oxygen atoms in total. The van der Waals surface area contributed by atoms with Crippen molar-refractivity contribution in [2.75, 3.05) is 7.05 Å². The number of aliphatic imine (C=N–C) groups is 1. The predicted molar refractivity (Wildman–Crippen MR) is 142 cm³/mol. The van der Waals surface area contributed by atoms with E-state index in [0.29, 0.717) is 5.16 Å². The summed E-state index contributed by atoms with van der Waals surface area (Å²) in [5.74, 6) is 0. The van der Waals surface area contributed by atoms with Gasteiger partial charge in [0.1, 0.15) is 11.3 Å². The monoisotopic (exact) mass is 464 g/mol. The standard InChI is InChI=1S/C29H21ClN2S/c1-32-27(30)18-25(31-29(32)21-8-3-2-4-9-21)20-16-14-19(15-17-20)22-11-7-12-24-23-10-5-6-13-26(23)33-28(22)24/h2-18,29H,1H3. The molecule has 4 aromatic carbocycles. The van der Waals surface area contributed by atoms with Crippen molar-refractivity contribution in [2.45, 2.75) is 6.17 Å². The zero-order valence-electron chi connectivity index (χ0n) is 18.1. The van der Waals surface area contributed by atoms with Gasteiger partial charge in [0.25, 0.3) is 0 Å². The highest BCUT2D eigenvalue weighted by Crippen LogP contribution is 2.40. The predicted octanol–water partition coefficient (Wildman–Crippen LogP) is 8.24. The summed E-state index contributed by atoms with van der Waals surface area (Å²) in [6, 6.07) is 34.1. The second-order valence-corrected chi connectivity index (χ2v) is 9.67. The maximum absolute atomic E-state index is 6.60. The van der Waals surface area contributed by atoms with Crippen molar-refractivity contribution in [3.8, 4) is 11.1 Å². The summed E-state index contributed by atoms with van der Waals surface area (Å²) in [7, 11) is 1.98. The molecule has 0 radical (unpaired) electrons. The van der Waals surface area contributed by atoms with Crippen molar-refractivity contribution in [3.63, 3.8) is 0 Å². The van der Waals surface area contributed by atoms with Crippen LogP contribution in [0.15, 0.2) is 113 Å². The highest BCUT2D eigenvalue weighted by atomic mass is 35.5. The first-order valence-electron chi connectivity index (χ1n) is 10.9. The Morgan fingerprint density at radius 1 is 0.758 bits per heavy atom. The Kier molecular flexibility index (Phi) is 5.01. The zero-order valence-corrected chi connectivity index (χ0v) is 19.6. The summed E-state index contributed by atoms with van der Waals surface area (Å²) in [6.45, 7) is 0. The normalized spacial score (nSPS) is 16.2. The average Bonchev–Trinajstić information content (AvgIpc) is 3.25. The lowest BCUT2D eigenvalue weighted by Crippen LogP contribution is -2.26. The fourth-order valence-corrected chi connectivity index (χ4v) is 5.90. The Balaban J connectivity index is 1.39. The van der Waals surface area contributed by atoms with Crippen molar-refractivity contribution < 1.29 is 0 Å². The number of nitrogens with zero attached hydrogens (tertiary/aromatic N) is 2. The van der Waals surface area contributed by atoms with Gasteiger partial charge in [-0.15, -0.1) is 11.3 Å². The quantitative estimate of drug-likeness (QED) is 0.245. The lowest BCUT2D eigenvalue weighted by Gasteiger charge is -2.30. The molecule has 0 spiro atoms. The number of hydrogen-bond donors (Lipinski definition) is 0. The molecule has 160 valence electrons. The van der Waals surface area contributed by atoms with Crippen LogP contribution >= 0.6 is 22.9 Å². The van der Waals surface area contributed by atoms with Crippen molar-refractivity contribution in [2.24, 2.45) is 4.99 Å². The van der Waals surface area contributed by atoms with Crippen LogP contribution in [0.3, 0.4) is 0 Å². The maximum Gasteiger partial charge on any atom is 0.148 e. The number of benzene rings is 4. The molecular formula is C29H21ClN2S. The summed E-state index contributed by atoms with van der Waals surface area (Å²) >= 11 is 8.45. The Labute approximate surface area is 202 Å². The summed E-state index contributed by atoms with van der Waals surface area (Å²) in [4.78, 5) is 7.02. The number of halogens is 1. The topological polar surface area (TPSA) is 15.6 Å². The van der Waals surface area contributed by atoms with E-state index in [4.69, 9.17) is 16.6 Å². The molecule has 1 atom stereocenters. The highest BCUT2D eigenvalue weighted by Gasteiger charge is 2.23. The number of hydrogen-bond acceptors (Lipinski definition) is 3. The summed E-state index contributed by atoms with van der Waals surface area (Å²) in [6.07, 6.45) is 1.81. The van der Waals surface area contributed by atoms with E-state index in [0.717, 1.165) is 16.8 Å². The van der Waals surface area contributed by atoms with Gasteiger partial charge in [-0.25, -0.2) is 0 Å².